The number of fused-ring (bicyclic) bond motifs is 1. The monoisotopic (exact) mass is 299 g/mol. The summed E-state index contributed by atoms with van der Waals surface area (Å²) in [6.45, 7) is 4.72. The molecule has 3 aromatic rings. The number of rotatable bonds is 4. The maximum atomic E-state index is 11.9. The minimum absolute atomic E-state index is 0.0604. The number of aromatic nitrogens is 2. The molecular weight excluding hydrogens is 282 g/mol. The predicted octanol–water partition coefficient (Wildman–Crippen LogP) is 3.14. The van der Waals surface area contributed by atoms with Crippen molar-refractivity contribution in [3.8, 4) is 0 Å². The van der Waals surface area contributed by atoms with Gasteiger partial charge in [0.05, 0.1) is 12.1 Å². The third kappa shape index (κ3) is 3.04. The van der Waals surface area contributed by atoms with Crippen molar-refractivity contribution in [2.24, 2.45) is 0 Å². The molecule has 0 radical (unpaired) electrons. The molecule has 0 saturated heterocycles. The quantitative estimate of drug-likeness (QED) is 0.778. The molecule has 2 heterocycles. The van der Waals surface area contributed by atoms with Gasteiger partial charge in [0.15, 0.2) is 0 Å². The Bertz CT molecular complexity index is 804. The average Bonchev–Trinajstić information content (AvgIpc) is 2.94. The second-order valence-corrected chi connectivity index (χ2v) is 6.08. The SMILES string of the molecule is Cc1ccc([C@H](C)NCc2nc3ccsc3c(=O)[nH]2)cc1. The summed E-state index contributed by atoms with van der Waals surface area (Å²) in [5, 5.41) is 5.28. The first kappa shape index (κ1) is 14.0. The lowest BCUT2D eigenvalue weighted by atomic mass is 10.1. The van der Waals surface area contributed by atoms with Crippen LogP contribution in [0.1, 0.15) is 29.9 Å². The van der Waals surface area contributed by atoms with E-state index in [4.69, 9.17) is 0 Å². The Morgan fingerprint density at radius 2 is 2.05 bits per heavy atom. The van der Waals surface area contributed by atoms with Crippen LogP contribution in [0, 0.1) is 6.92 Å². The molecule has 0 bridgehead atoms. The highest BCUT2D eigenvalue weighted by Crippen LogP contribution is 2.15. The molecule has 5 heteroatoms. The number of nitrogens with one attached hydrogen (secondary N) is 2. The zero-order valence-electron chi connectivity index (χ0n) is 12.0. The molecule has 1 atom stereocenters. The highest BCUT2D eigenvalue weighted by Gasteiger charge is 2.08. The molecule has 0 unspecified atom stereocenters. The van der Waals surface area contributed by atoms with E-state index in [1.54, 1.807) is 0 Å². The standard InChI is InChI=1S/C16H17N3OS/c1-10-3-5-12(6-4-10)11(2)17-9-14-18-13-7-8-21-15(13)16(20)19-14/h3-8,11,17H,9H2,1-2H3,(H,18,19,20)/t11-/m0/s1. The van der Waals surface area contributed by atoms with E-state index in [9.17, 15) is 4.79 Å². The van der Waals surface area contributed by atoms with Crippen LogP contribution in [0.3, 0.4) is 0 Å². The lowest BCUT2D eigenvalue weighted by Crippen LogP contribution is -2.21. The predicted molar refractivity (Wildman–Crippen MR) is 86.7 cm³/mol. The minimum atomic E-state index is -0.0604. The minimum Gasteiger partial charge on any atom is -0.308 e. The number of hydrogen-bond acceptors (Lipinski definition) is 4. The number of aryl methyl sites for hydroxylation is 1. The molecule has 2 aromatic heterocycles. The van der Waals surface area contributed by atoms with E-state index in [1.165, 1.54) is 22.5 Å². The van der Waals surface area contributed by atoms with E-state index in [2.05, 4.69) is 53.4 Å². The summed E-state index contributed by atoms with van der Waals surface area (Å²) in [6.07, 6.45) is 0. The van der Waals surface area contributed by atoms with Gasteiger partial charge >= 0.3 is 0 Å². The van der Waals surface area contributed by atoms with Crippen molar-refractivity contribution in [3.63, 3.8) is 0 Å². The van der Waals surface area contributed by atoms with E-state index in [-0.39, 0.29) is 11.6 Å². The molecule has 0 spiro atoms. The molecule has 0 aliphatic rings. The van der Waals surface area contributed by atoms with E-state index >= 15 is 0 Å². The van der Waals surface area contributed by atoms with Crippen molar-refractivity contribution in [3.05, 3.63) is 63.0 Å². The summed E-state index contributed by atoms with van der Waals surface area (Å²) in [5.41, 5.74) is 3.18. The van der Waals surface area contributed by atoms with Crippen molar-refractivity contribution >= 4 is 21.6 Å². The summed E-state index contributed by atoms with van der Waals surface area (Å²) >= 11 is 1.42. The van der Waals surface area contributed by atoms with Crippen LogP contribution in [0.4, 0.5) is 0 Å². The molecule has 0 fully saturated rings. The number of thiophene rings is 1. The fraction of sp³-hybridized carbons (Fsp3) is 0.250. The largest absolute Gasteiger partial charge is 0.308 e. The Labute approximate surface area is 126 Å². The van der Waals surface area contributed by atoms with Gasteiger partial charge in [0.2, 0.25) is 0 Å². The zero-order valence-corrected chi connectivity index (χ0v) is 12.8. The second kappa shape index (κ2) is 5.79. The Morgan fingerprint density at radius 1 is 1.29 bits per heavy atom. The van der Waals surface area contributed by atoms with Crippen LogP contribution in [0.2, 0.25) is 0 Å². The molecule has 0 saturated carbocycles. The Kier molecular flexibility index (Phi) is 3.86. The Hall–Kier alpha value is -1.98. The second-order valence-electron chi connectivity index (χ2n) is 5.16. The normalized spacial score (nSPS) is 12.7. The third-order valence-corrected chi connectivity index (χ3v) is 4.42. The number of aromatic amines is 1. The molecule has 0 amide bonds. The van der Waals surface area contributed by atoms with Gasteiger partial charge in [0.25, 0.3) is 5.56 Å². The van der Waals surface area contributed by atoms with Crippen LogP contribution >= 0.6 is 11.3 Å². The highest BCUT2D eigenvalue weighted by molar-refractivity contribution is 7.17. The van der Waals surface area contributed by atoms with Crippen LogP contribution in [-0.4, -0.2) is 9.97 Å². The molecule has 108 valence electrons. The number of hydrogen-bond donors (Lipinski definition) is 2. The van der Waals surface area contributed by atoms with E-state index in [0.717, 1.165) is 5.52 Å². The Morgan fingerprint density at radius 3 is 2.81 bits per heavy atom. The van der Waals surface area contributed by atoms with Gasteiger partial charge in [-0.15, -0.1) is 11.3 Å². The highest BCUT2D eigenvalue weighted by atomic mass is 32.1. The van der Waals surface area contributed by atoms with E-state index in [0.29, 0.717) is 17.1 Å². The first-order valence-corrected chi connectivity index (χ1v) is 7.78. The van der Waals surface area contributed by atoms with Crippen LogP contribution in [-0.2, 0) is 6.54 Å². The Balaban J connectivity index is 1.73. The van der Waals surface area contributed by atoms with Gasteiger partial charge < -0.3 is 10.3 Å². The summed E-state index contributed by atoms with van der Waals surface area (Å²) in [7, 11) is 0. The van der Waals surface area contributed by atoms with Gasteiger partial charge in [-0.05, 0) is 30.9 Å². The van der Waals surface area contributed by atoms with Gasteiger partial charge in [-0.3, -0.25) is 4.79 Å². The zero-order chi connectivity index (χ0) is 14.8. The summed E-state index contributed by atoms with van der Waals surface area (Å²) in [5.74, 6) is 0.671. The lowest BCUT2D eigenvalue weighted by molar-refractivity contribution is 0.559. The summed E-state index contributed by atoms with van der Waals surface area (Å²) in [4.78, 5) is 19.2. The molecule has 1 aromatic carbocycles. The molecule has 3 rings (SSSR count). The number of benzene rings is 1. The van der Waals surface area contributed by atoms with Crippen molar-refractivity contribution in [2.75, 3.05) is 0 Å². The van der Waals surface area contributed by atoms with Gasteiger partial charge in [-0.2, -0.15) is 0 Å². The molecular formula is C16H17N3OS. The molecule has 4 nitrogen and oxygen atoms in total. The van der Waals surface area contributed by atoms with Crippen molar-refractivity contribution in [2.45, 2.75) is 26.4 Å². The summed E-state index contributed by atoms with van der Waals surface area (Å²) in [6, 6.07) is 10.5. The van der Waals surface area contributed by atoms with Crippen LogP contribution in [0.15, 0.2) is 40.5 Å². The van der Waals surface area contributed by atoms with Crippen LogP contribution in [0.25, 0.3) is 10.2 Å². The van der Waals surface area contributed by atoms with Crippen molar-refractivity contribution in [1.29, 1.82) is 0 Å². The van der Waals surface area contributed by atoms with Crippen molar-refractivity contribution in [1.82, 2.24) is 15.3 Å². The first-order chi connectivity index (χ1) is 10.1. The molecule has 21 heavy (non-hydrogen) atoms. The smallest absolute Gasteiger partial charge is 0.268 e. The number of nitrogens with zero attached hydrogens (tertiary/aromatic N) is 1. The van der Waals surface area contributed by atoms with E-state index in [1.807, 2.05) is 11.4 Å². The maximum Gasteiger partial charge on any atom is 0.268 e. The topological polar surface area (TPSA) is 57.8 Å². The maximum absolute atomic E-state index is 11.9. The van der Waals surface area contributed by atoms with Crippen LogP contribution in [0.5, 0.6) is 0 Å². The number of H-pyrrole nitrogens is 1. The molecule has 2 N–H and O–H groups in total. The fourth-order valence-electron chi connectivity index (χ4n) is 2.23. The van der Waals surface area contributed by atoms with Gasteiger partial charge in [-0.1, -0.05) is 29.8 Å². The molecule has 0 aliphatic heterocycles. The first-order valence-electron chi connectivity index (χ1n) is 6.90. The van der Waals surface area contributed by atoms with Gasteiger partial charge in [-0.25, -0.2) is 4.98 Å². The fourth-order valence-corrected chi connectivity index (χ4v) is 2.95. The lowest BCUT2D eigenvalue weighted by Gasteiger charge is -2.14. The summed E-state index contributed by atoms with van der Waals surface area (Å²) < 4.78 is 0.685. The average molecular weight is 299 g/mol. The van der Waals surface area contributed by atoms with Gasteiger partial charge in [0.1, 0.15) is 10.5 Å². The van der Waals surface area contributed by atoms with Crippen LogP contribution < -0.4 is 10.9 Å². The van der Waals surface area contributed by atoms with Crippen molar-refractivity contribution < 1.29 is 0 Å². The molecule has 0 aliphatic carbocycles. The van der Waals surface area contributed by atoms with Gasteiger partial charge in [0, 0.05) is 6.04 Å². The third-order valence-electron chi connectivity index (χ3n) is 3.52. The van der Waals surface area contributed by atoms with E-state index < -0.39 is 0 Å².